The minimum atomic E-state index is 0.597. The van der Waals surface area contributed by atoms with E-state index in [0.29, 0.717) is 6.54 Å². The molecule has 2 N–H and O–H groups in total. The molecule has 23 heavy (non-hydrogen) atoms. The van der Waals surface area contributed by atoms with E-state index in [1.165, 1.54) is 5.56 Å². The summed E-state index contributed by atoms with van der Waals surface area (Å²) in [5.41, 5.74) is 9.16. The van der Waals surface area contributed by atoms with Gasteiger partial charge in [0, 0.05) is 28.1 Å². The predicted molar refractivity (Wildman–Crippen MR) is 97.0 cm³/mol. The van der Waals surface area contributed by atoms with Gasteiger partial charge in [-0.15, -0.1) is 0 Å². The summed E-state index contributed by atoms with van der Waals surface area (Å²) in [6.45, 7) is 0.597. The molecule has 1 heterocycles. The number of nitrogens with two attached hydrogens (primary N) is 1. The zero-order valence-electron chi connectivity index (χ0n) is 12.9. The molecule has 0 aliphatic carbocycles. The molecule has 3 nitrogen and oxygen atoms in total. The van der Waals surface area contributed by atoms with Gasteiger partial charge in [-0.2, -0.15) is 5.10 Å². The molecule has 0 aliphatic heterocycles. The predicted octanol–water partition coefficient (Wildman–Crippen LogP) is 4.39. The van der Waals surface area contributed by atoms with Crippen LogP contribution < -0.4 is 5.73 Å². The first-order valence-electron chi connectivity index (χ1n) is 7.44. The topological polar surface area (TPSA) is 43.8 Å². The quantitative estimate of drug-likeness (QED) is 0.747. The van der Waals surface area contributed by atoms with Gasteiger partial charge in [0.2, 0.25) is 0 Å². The van der Waals surface area contributed by atoms with Gasteiger partial charge in [0.15, 0.2) is 0 Å². The van der Waals surface area contributed by atoms with E-state index in [-0.39, 0.29) is 0 Å². The summed E-state index contributed by atoms with van der Waals surface area (Å²) in [6, 6.07) is 18.1. The molecule has 118 valence electrons. The summed E-state index contributed by atoms with van der Waals surface area (Å²) in [5.74, 6) is 0. The van der Waals surface area contributed by atoms with Gasteiger partial charge in [0.05, 0.1) is 5.69 Å². The van der Waals surface area contributed by atoms with Crippen LogP contribution >= 0.6 is 23.4 Å². The first-order chi connectivity index (χ1) is 11.2. The van der Waals surface area contributed by atoms with Crippen molar-refractivity contribution < 1.29 is 0 Å². The zero-order valence-corrected chi connectivity index (χ0v) is 14.4. The Morgan fingerprint density at radius 1 is 1.09 bits per heavy atom. The van der Waals surface area contributed by atoms with Crippen molar-refractivity contribution in [2.45, 2.75) is 16.3 Å². The molecule has 1 aromatic heterocycles. The Morgan fingerprint density at radius 2 is 1.78 bits per heavy atom. The van der Waals surface area contributed by atoms with Crippen molar-refractivity contribution in [3.63, 3.8) is 0 Å². The zero-order chi connectivity index (χ0) is 16.2. The van der Waals surface area contributed by atoms with E-state index in [4.69, 9.17) is 22.4 Å². The van der Waals surface area contributed by atoms with E-state index in [1.807, 2.05) is 54.2 Å². The molecule has 0 spiro atoms. The molecular weight excluding hydrogens is 326 g/mol. The lowest BCUT2D eigenvalue weighted by molar-refractivity contribution is 0.694. The lowest BCUT2D eigenvalue weighted by atomic mass is 10.1. The van der Waals surface area contributed by atoms with Crippen molar-refractivity contribution in [2.75, 3.05) is 6.54 Å². The smallest absolute Gasteiger partial charge is 0.102 e. The highest BCUT2D eigenvalue weighted by molar-refractivity contribution is 7.99. The van der Waals surface area contributed by atoms with Crippen molar-refractivity contribution in [1.29, 1.82) is 0 Å². The van der Waals surface area contributed by atoms with Crippen molar-refractivity contribution >= 4 is 23.4 Å². The lowest BCUT2D eigenvalue weighted by Crippen LogP contribution is -2.04. The summed E-state index contributed by atoms with van der Waals surface area (Å²) < 4.78 is 1.94. The van der Waals surface area contributed by atoms with Crippen LogP contribution in [0.5, 0.6) is 0 Å². The van der Waals surface area contributed by atoms with E-state index in [2.05, 4.69) is 12.1 Å². The third-order valence-electron chi connectivity index (χ3n) is 3.56. The molecular formula is C18H18ClN3S. The van der Waals surface area contributed by atoms with Crippen molar-refractivity contribution in [3.8, 4) is 11.3 Å². The van der Waals surface area contributed by atoms with Crippen LogP contribution in [0.25, 0.3) is 11.3 Å². The molecule has 2 aromatic carbocycles. The maximum atomic E-state index is 5.97. The molecule has 3 rings (SSSR count). The highest BCUT2D eigenvalue weighted by atomic mass is 35.5. The van der Waals surface area contributed by atoms with Crippen LogP contribution in [0.15, 0.2) is 64.5 Å². The van der Waals surface area contributed by atoms with Gasteiger partial charge >= 0.3 is 0 Å². The van der Waals surface area contributed by atoms with Gasteiger partial charge in [0.25, 0.3) is 0 Å². The van der Waals surface area contributed by atoms with Gasteiger partial charge in [0.1, 0.15) is 5.03 Å². The van der Waals surface area contributed by atoms with Crippen LogP contribution in [-0.2, 0) is 13.5 Å². The standard InChI is InChI=1S/C18H18ClN3S/c1-22-18(23-15-9-7-14(19)8-10-15)16(11-12-20)17(21-22)13-5-3-2-4-6-13/h2-10H,11-12,20H2,1H3. The molecule has 0 saturated heterocycles. The SMILES string of the molecule is Cn1nc(-c2ccccc2)c(CCN)c1Sc1ccc(Cl)cc1. The van der Waals surface area contributed by atoms with Crippen LogP contribution in [-0.4, -0.2) is 16.3 Å². The largest absolute Gasteiger partial charge is 0.330 e. The average Bonchev–Trinajstić information content (AvgIpc) is 2.87. The third-order valence-corrected chi connectivity index (χ3v) is 5.02. The molecule has 0 radical (unpaired) electrons. The minimum absolute atomic E-state index is 0.597. The van der Waals surface area contributed by atoms with E-state index in [9.17, 15) is 0 Å². The molecule has 5 heteroatoms. The summed E-state index contributed by atoms with van der Waals surface area (Å²) in [4.78, 5) is 1.13. The fraction of sp³-hybridized carbons (Fsp3) is 0.167. The van der Waals surface area contributed by atoms with Gasteiger partial charge in [-0.3, -0.25) is 4.68 Å². The Labute approximate surface area is 145 Å². The third kappa shape index (κ3) is 3.61. The van der Waals surface area contributed by atoms with Crippen LogP contribution in [0.1, 0.15) is 5.56 Å². The molecule has 0 fully saturated rings. The lowest BCUT2D eigenvalue weighted by Gasteiger charge is -2.06. The van der Waals surface area contributed by atoms with Gasteiger partial charge in [-0.05, 0) is 37.2 Å². The van der Waals surface area contributed by atoms with Crippen molar-refractivity contribution in [2.24, 2.45) is 12.8 Å². The van der Waals surface area contributed by atoms with Gasteiger partial charge in [-0.25, -0.2) is 0 Å². The number of hydrogen-bond donors (Lipinski definition) is 1. The van der Waals surface area contributed by atoms with Gasteiger partial charge < -0.3 is 5.73 Å². The number of rotatable bonds is 5. The molecule has 0 unspecified atom stereocenters. The molecule has 0 atom stereocenters. The highest BCUT2D eigenvalue weighted by Gasteiger charge is 2.17. The Balaban J connectivity index is 2.02. The second kappa shape index (κ2) is 7.21. The number of halogens is 1. The van der Waals surface area contributed by atoms with Crippen LogP contribution in [0, 0.1) is 0 Å². The number of hydrogen-bond acceptors (Lipinski definition) is 3. The molecule has 0 saturated carbocycles. The Kier molecular flexibility index (Phi) is 5.06. The first kappa shape index (κ1) is 16.1. The second-order valence-corrected chi connectivity index (χ2v) is 6.72. The fourth-order valence-electron chi connectivity index (χ4n) is 2.49. The molecule has 0 bridgehead atoms. The number of nitrogens with zero attached hydrogens (tertiary/aromatic N) is 2. The molecule has 0 amide bonds. The average molecular weight is 344 g/mol. The van der Waals surface area contributed by atoms with Gasteiger partial charge in [-0.1, -0.05) is 53.7 Å². The number of aryl methyl sites for hydroxylation is 1. The summed E-state index contributed by atoms with van der Waals surface area (Å²) in [5, 5.41) is 6.59. The first-order valence-corrected chi connectivity index (χ1v) is 8.63. The number of benzene rings is 2. The monoisotopic (exact) mass is 343 g/mol. The number of aromatic nitrogens is 2. The van der Waals surface area contributed by atoms with Crippen LogP contribution in [0.4, 0.5) is 0 Å². The van der Waals surface area contributed by atoms with Crippen molar-refractivity contribution in [1.82, 2.24) is 9.78 Å². The Morgan fingerprint density at radius 3 is 2.43 bits per heavy atom. The minimum Gasteiger partial charge on any atom is -0.330 e. The summed E-state index contributed by atoms with van der Waals surface area (Å²) in [7, 11) is 1.98. The van der Waals surface area contributed by atoms with E-state index >= 15 is 0 Å². The van der Waals surface area contributed by atoms with Crippen LogP contribution in [0.2, 0.25) is 5.02 Å². The van der Waals surface area contributed by atoms with E-state index in [1.54, 1.807) is 11.8 Å². The van der Waals surface area contributed by atoms with Crippen molar-refractivity contribution in [3.05, 3.63) is 65.2 Å². The fourth-order valence-corrected chi connectivity index (χ4v) is 3.61. The van der Waals surface area contributed by atoms with E-state index < -0.39 is 0 Å². The molecule has 0 aliphatic rings. The Hall–Kier alpha value is -1.75. The summed E-state index contributed by atoms with van der Waals surface area (Å²) in [6.07, 6.45) is 0.800. The van der Waals surface area contributed by atoms with E-state index in [0.717, 1.165) is 32.6 Å². The molecule has 3 aromatic rings. The maximum Gasteiger partial charge on any atom is 0.102 e. The maximum absolute atomic E-state index is 5.97. The normalized spacial score (nSPS) is 10.9. The Bertz CT molecular complexity index is 782. The summed E-state index contributed by atoms with van der Waals surface area (Å²) >= 11 is 7.66. The second-order valence-electron chi connectivity index (χ2n) is 5.22. The highest BCUT2D eigenvalue weighted by Crippen LogP contribution is 2.36. The van der Waals surface area contributed by atoms with Crippen LogP contribution in [0.3, 0.4) is 0 Å².